The molecule has 7 heteroatoms. The molecule has 7 nitrogen and oxygen atoms in total. The molecule has 3 aromatic heterocycles. The Kier molecular flexibility index (Phi) is 4.48. The number of methoxy groups -OCH3 is 1. The number of amides is 1. The number of furan rings is 1. The number of carbonyl (C=O) groups is 2. The number of pyridine rings is 1. The van der Waals surface area contributed by atoms with E-state index in [1.165, 1.54) is 0 Å². The molecule has 0 atom stereocenters. The highest BCUT2D eigenvalue weighted by Crippen LogP contribution is 2.33. The number of nitrogens with one attached hydrogen (secondary N) is 1. The number of fused-ring (bicyclic) bond motifs is 2. The Labute approximate surface area is 176 Å². The van der Waals surface area contributed by atoms with E-state index >= 15 is 0 Å². The molecule has 0 fully saturated rings. The van der Waals surface area contributed by atoms with E-state index in [0.29, 0.717) is 28.0 Å². The van der Waals surface area contributed by atoms with Crippen LogP contribution in [0.4, 0.5) is 5.69 Å². The van der Waals surface area contributed by atoms with Crippen LogP contribution in [0, 0.1) is 0 Å². The molecule has 0 aliphatic rings. The van der Waals surface area contributed by atoms with Crippen molar-refractivity contribution < 1.29 is 18.7 Å². The Bertz CT molecular complexity index is 1400. The lowest BCUT2D eigenvalue weighted by Crippen LogP contribution is -2.15. The molecule has 0 spiro atoms. The predicted octanol–water partition coefficient (Wildman–Crippen LogP) is 4.57. The van der Waals surface area contributed by atoms with Gasteiger partial charge in [-0.15, -0.1) is 0 Å². The number of anilines is 1. The second-order valence-corrected chi connectivity index (χ2v) is 6.91. The summed E-state index contributed by atoms with van der Waals surface area (Å²) < 4.78 is 12.6. The zero-order chi connectivity index (χ0) is 21.4. The van der Waals surface area contributed by atoms with Crippen molar-refractivity contribution in [1.29, 1.82) is 0 Å². The molecule has 0 unspecified atom stereocenters. The first-order chi connectivity index (χ1) is 15.1. The van der Waals surface area contributed by atoms with Gasteiger partial charge >= 0.3 is 0 Å². The van der Waals surface area contributed by atoms with Crippen molar-refractivity contribution >= 4 is 33.9 Å². The number of nitrogens with zero attached hydrogens (tertiary/aromatic N) is 2. The summed E-state index contributed by atoms with van der Waals surface area (Å²) in [6.07, 6.45) is 1.76. The minimum absolute atomic E-state index is 0.0588. The molecule has 3 heterocycles. The van der Waals surface area contributed by atoms with Crippen molar-refractivity contribution in [1.82, 2.24) is 9.61 Å². The average Bonchev–Trinajstić information content (AvgIpc) is 3.41. The number of benzene rings is 2. The number of aromatic nitrogens is 2. The Morgan fingerprint density at radius 2 is 1.77 bits per heavy atom. The van der Waals surface area contributed by atoms with E-state index in [-0.39, 0.29) is 17.2 Å². The van der Waals surface area contributed by atoms with Crippen LogP contribution in [-0.2, 0) is 0 Å². The molecule has 0 aliphatic heterocycles. The van der Waals surface area contributed by atoms with Gasteiger partial charge in [-0.05, 0) is 54.6 Å². The van der Waals surface area contributed by atoms with Crippen molar-refractivity contribution in [2.45, 2.75) is 0 Å². The summed E-state index contributed by atoms with van der Waals surface area (Å²) in [6, 6.07) is 21.1. The van der Waals surface area contributed by atoms with Crippen LogP contribution in [0.3, 0.4) is 0 Å². The SMILES string of the molecule is COc1ccc(C(=O)c2oc3ccccc3c2NC(=O)c2cc3ccccn3n2)cc1. The predicted molar refractivity (Wildman–Crippen MR) is 116 cm³/mol. The first kappa shape index (κ1) is 18.6. The lowest BCUT2D eigenvalue weighted by Gasteiger charge is -2.05. The molecule has 152 valence electrons. The van der Waals surface area contributed by atoms with E-state index in [1.807, 2.05) is 24.3 Å². The van der Waals surface area contributed by atoms with E-state index in [1.54, 1.807) is 66.4 Å². The fourth-order valence-corrected chi connectivity index (χ4v) is 3.43. The van der Waals surface area contributed by atoms with Gasteiger partial charge in [-0.1, -0.05) is 18.2 Å². The number of ether oxygens (including phenoxy) is 1. The summed E-state index contributed by atoms with van der Waals surface area (Å²) in [7, 11) is 1.56. The largest absolute Gasteiger partial charge is 0.497 e. The summed E-state index contributed by atoms with van der Waals surface area (Å²) in [6.45, 7) is 0. The highest BCUT2D eigenvalue weighted by Gasteiger charge is 2.24. The monoisotopic (exact) mass is 411 g/mol. The lowest BCUT2D eigenvalue weighted by molar-refractivity contribution is 0.101. The third-order valence-electron chi connectivity index (χ3n) is 5.00. The minimum atomic E-state index is -0.431. The van der Waals surface area contributed by atoms with Crippen LogP contribution in [-0.4, -0.2) is 28.4 Å². The van der Waals surface area contributed by atoms with Gasteiger partial charge in [-0.3, -0.25) is 9.59 Å². The summed E-state index contributed by atoms with van der Waals surface area (Å²) in [5.41, 5.74) is 2.27. The van der Waals surface area contributed by atoms with E-state index in [2.05, 4.69) is 10.4 Å². The fourth-order valence-electron chi connectivity index (χ4n) is 3.43. The quantitative estimate of drug-likeness (QED) is 0.428. The molecule has 0 aliphatic carbocycles. The van der Waals surface area contributed by atoms with Gasteiger partial charge < -0.3 is 14.5 Å². The van der Waals surface area contributed by atoms with Gasteiger partial charge in [0.2, 0.25) is 5.78 Å². The maximum absolute atomic E-state index is 13.2. The topological polar surface area (TPSA) is 85.8 Å². The van der Waals surface area contributed by atoms with Gasteiger partial charge in [-0.25, -0.2) is 4.52 Å². The number of rotatable bonds is 5. The highest BCUT2D eigenvalue weighted by atomic mass is 16.5. The molecule has 0 radical (unpaired) electrons. The van der Waals surface area contributed by atoms with Crippen LogP contribution < -0.4 is 10.1 Å². The normalized spacial score (nSPS) is 11.0. The van der Waals surface area contributed by atoms with Gasteiger partial charge in [0.05, 0.1) is 18.3 Å². The lowest BCUT2D eigenvalue weighted by atomic mass is 10.1. The number of hydrogen-bond acceptors (Lipinski definition) is 5. The van der Waals surface area contributed by atoms with Crippen LogP contribution in [0.2, 0.25) is 0 Å². The van der Waals surface area contributed by atoms with Crippen LogP contribution in [0.1, 0.15) is 26.6 Å². The molecule has 0 saturated heterocycles. The van der Waals surface area contributed by atoms with Crippen LogP contribution >= 0.6 is 0 Å². The summed E-state index contributed by atoms with van der Waals surface area (Å²) in [5.74, 6) is -0.0757. The molecule has 31 heavy (non-hydrogen) atoms. The van der Waals surface area contributed by atoms with Crippen LogP contribution in [0.25, 0.3) is 16.5 Å². The molecule has 2 aromatic carbocycles. The average molecular weight is 411 g/mol. The van der Waals surface area contributed by atoms with Gasteiger partial charge in [0, 0.05) is 17.1 Å². The zero-order valence-electron chi connectivity index (χ0n) is 16.5. The highest BCUT2D eigenvalue weighted by molar-refractivity contribution is 6.18. The van der Waals surface area contributed by atoms with E-state index in [9.17, 15) is 9.59 Å². The molecule has 0 saturated carbocycles. The Morgan fingerprint density at radius 3 is 2.55 bits per heavy atom. The van der Waals surface area contributed by atoms with Gasteiger partial charge in [-0.2, -0.15) is 5.10 Å². The van der Waals surface area contributed by atoms with Gasteiger partial charge in [0.15, 0.2) is 11.5 Å². The smallest absolute Gasteiger partial charge is 0.276 e. The molecule has 5 rings (SSSR count). The maximum Gasteiger partial charge on any atom is 0.276 e. The van der Waals surface area contributed by atoms with Gasteiger partial charge in [0.1, 0.15) is 11.3 Å². The van der Waals surface area contributed by atoms with Crippen molar-refractivity contribution in [3.8, 4) is 5.75 Å². The van der Waals surface area contributed by atoms with Gasteiger partial charge in [0.25, 0.3) is 5.91 Å². The molecule has 5 aromatic rings. The zero-order valence-corrected chi connectivity index (χ0v) is 16.5. The molecule has 1 amide bonds. The van der Waals surface area contributed by atoms with Crippen molar-refractivity contribution in [3.05, 3.63) is 96.0 Å². The summed E-state index contributed by atoms with van der Waals surface area (Å²) in [4.78, 5) is 26.2. The van der Waals surface area contributed by atoms with Crippen molar-refractivity contribution in [3.63, 3.8) is 0 Å². The third-order valence-corrected chi connectivity index (χ3v) is 5.00. The first-order valence-corrected chi connectivity index (χ1v) is 9.60. The fraction of sp³-hybridized carbons (Fsp3) is 0.0417. The number of para-hydroxylation sites is 1. The maximum atomic E-state index is 13.2. The van der Waals surface area contributed by atoms with Crippen LogP contribution in [0.15, 0.2) is 83.4 Å². The number of ketones is 1. The van der Waals surface area contributed by atoms with Crippen molar-refractivity contribution in [2.24, 2.45) is 0 Å². The number of hydrogen-bond donors (Lipinski definition) is 1. The second kappa shape index (κ2) is 7.46. The summed E-state index contributed by atoms with van der Waals surface area (Å²) in [5, 5.41) is 7.77. The molecule has 1 N–H and O–H groups in total. The Hall–Kier alpha value is -4.39. The van der Waals surface area contributed by atoms with Crippen LogP contribution in [0.5, 0.6) is 5.75 Å². The Morgan fingerprint density at radius 1 is 1.00 bits per heavy atom. The molecular weight excluding hydrogens is 394 g/mol. The van der Waals surface area contributed by atoms with E-state index in [0.717, 1.165) is 5.52 Å². The first-order valence-electron chi connectivity index (χ1n) is 9.60. The molecule has 0 bridgehead atoms. The number of carbonyl (C=O) groups excluding carboxylic acids is 2. The standard InChI is InChI=1S/C24H17N3O4/c1-30-17-11-9-15(10-12-17)22(28)23-21(18-7-2-3-8-20(18)31-23)25-24(29)19-14-16-6-4-5-13-27(16)26-19/h2-14H,1H3,(H,25,29). The van der Waals surface area contributed by atoms with Crippen molar-refractivity contribution in [2.75, 3.05) is 12.4 Å². The summed E-state index contributed by atoms with van der Waals surface area (Å²) >= 11 is 0. The molecular formula is C24H17N3O4. The Balaban J connectivity index is 1.55. The minimum Gasteiger partial charge on any atom is -0.497 e. The third kappa shape index (κ3) is 3.32. The second-order valence-electron chi connectivity index (χ2n) is 6.91. The van der Waals surface area contributed by atoms with E-state index in [4.69, 9.17) is 9.15 Å². The van der Waals surface area contributed by atoms with E-state index < -0.39 is 5.91 Å².